The van der Waals surface area contributed by atoms with E-state index in [2.05, 4.69) is 42.5 Å². The zero-order valence-corrected chi connectivity index (χ0v) is 12.5. The molecular weight excluding hydrogens is 270 g/mol. The number of para-hydroxylation sites is 1. The van der Waals surface area contributed by atoms with Crippen molar-refractivity contribution in [3.8, 4) is 0 Å². The number of anilines is 1. The zero-order chi connectivity index (χ0) is 15.0. The Labute approximate surface area is 131 Å². The Morgan fingerprint density at radius 2 is 1.73 bits per heavy atom. The van der Waals surface area contributed by atoms with Crippen LogP contribution < -0.4 is 4.90 Å². The smallest absolute Gasteiger partial charge is 0.238 e. The van der Waals surface area contributed by atoms with Crippen LogP contribution >= 0.6 is 0 Å². The van der Waals surface area contributed by atoms with Crippen LogP contribution in [-0.4, -0.2) is 5.91 Å². The van der Waals surface area contributed by atoms with Crippen LogP contribution in [0.5, 0.6) is 0 Å². The highest BCUT2D eigenvalue weighted by Crippen LogP contribution is 2.48. The quantitative estimate of drug-likeness (QED) is 0.758. The van der Waals surface area contributed by atoms with Crippen molar-refractivity contribution >= 4 is 11.6 Å². The summed E-state index contributed by atoms with van der Waals surface area (Å²) < 4.78 is 0. The maximum absolute atomic E-state index is 13.2. The number of amides is 1. The first-order valence-electron chi connectivity index (χ1n) is 7.92. The number of benzene rings is 2. The summed E-state index contributed by atoms with van der Waals surface area (Å²) in [5.41, 5.74) is 3.14. The van der Waals surface area contributed by atoms with E-state index in [1.165, 1.54) is 11.1 Å². The third kappa shape index (κ3) is 1.91. The highest BCUT2D eigenvalue weighted by atomic mass is 16.2. The lowest BCUT2D eigenvalue weighted by atomic mass is 9.72. The summed E-state index contributed by atoms with van der Waals surface area (Å²) in [4.78, 5) is 15.2. The number of fused-ring (bicyclic) bond motifs is 2. The maximum Gasteiger partial charge on any atom is 0.238 e. The van der Waals surface area contributed by atoms with E-state index < -0.39 is 0 Å². The van der Waals surface area contributed by atoms with Gasteiger partial charge in [-0.15, -0.1) is 0 Å². The van der Waals surface area contributed by atoms with Crippen molar-refractivity contribution in [2.45, 2.75) is 31.2 Å². The van der Waals surface area contributed by atoms with Crippen molar-refractivity contribution in [3.05, 3.63) is 77.9 Å². The molecule has 1 atom stereocenters. The molecule has 1 aliphatic carbocycles. The van der Waals surface area contributed by atoms with Crippen LogP contribution in [-0.2, 0) is 16.8 Å². The van der Waals surface area contributed by atoms with E-state index in [9.17, 15) is 4.79 Å². The Bertz CT molecular complexity index is 734. The first-order chi connectivity index (χ1) is 10.8. The summed E-state index contributed by atoms with van der Waals surface area (Å²) >= 11 is 0. The van der Waals surface area contributed by atoms with Crippen LogP contribution in [0.15, 0.2) is 66.7 Å². The molecule has 1 amide bonds. The second-order valence-corrected chi connectivity index (χ2v) is 6.19. The Morgan fingerprint density at radius 1 is 0.955 bits per heavy atom. The van der Waals surface area contributed by atoms with Gasteiger partial charge in [0.05, 0.1) is 12.0 Å². The third-order valence-electron chi connectivity index (χ3n) is 4.92. The van der Waals surface area contributed by atoms with E-state index in [0.29, 0.717) is 6.54 Å². The second kappa shape index (κ2) is 5.13. The zero-order valence-electron chi connectivity index (χ0n) is 12.5. The van der Waals surface area contributed by atoms with Crippen LogP contribution in [0.25, 0.3) is 0 Å². The van der Waals surface area contributed by atoms with Crippen molar-refractivity contribution in [3.63, 3.8) is 0 Å². The molecule has 0 saturated carbocycles. The van der Waals surface area contributed by atoms with Gasteiger partial charge >= 0.3 is 0 Å². The summed E-state index contributed by atoms with van der Waals surface area (Å²) in [6, 6.07) is 18.5. The van der Waals surface area contributed by atoms with Gasteiger partial charge in [0.2, 0.25) is 5.91 Å². The fraction of sp³-hybridized carbons (Fsp3) is 0.250. The summed E-state index contributed by atoms with van der Waals surface area (Å²) in [5, 5.41) is 0. The number of nitrogens with zero attached hydrogens (tertiary/aromatic N) is 1. The van der Waals surface area contributed by atoms with Crippen LogP contribution in [0.4, 0.5) is 5.69 Å². The van der Waals surface area contributed by atoms with E-state index in [4.69, 9.17) is 0 Å². The number of allylic oxidation sites excluding steroid dienone is 2. The number of rotatable bonds is 2. The van der Waals surface area contributed by atoms with E-state index in [1.54, 1.807) is 0 Å². The molecular formula is C20H19NO. The van der Waals surface area contributed by atoms with Gasteiger partial charge in [-0.25, -0.2) is 0 Å². The van der Waals surface area contributed by atoms with Crippen LogP contribution in [0.2, 0.25) is 0 Å². The molecule has 2 aliphatic rings. The normalized spacial score (nSPS) is 23.1. The Hall–Kier alpha value is -2.35. The average molecular weight is 289 g/mol. The van der Waals surface area contributed by atoms with Gasteiger partial charge in [0, 0.05) is 5.69 Å². The highest BCUT2D eigenvalue weighted by molar-refractivity contribution is 6.08. The molecule has 4 rings (SSSR count). The molecule has 0 bridgehead atoms. The lowest BCUT2D eigenvalue weighted by molar-refractivity contribution is -0.123. The first-order valence-corrected chi connectivity index (χ1v) is 7.92. The number of carbonyl (C=O) groups is 1. The second-order valence-electron chi connectivity index (χ2n) is 6.19. The molecule has 1 aliphatic heterocycles. The van der Waals surface area contributed by atoms with E-state index in [0.717, 1.165) is 24.9 Å². The molecule has 2 nitrogen and oxygen atoms in total. The molecule has 1 spiro atoms. The Kier molecular flexibility index (Phi) is 3.11. The number of hydrogen-bond acceptors (Lipinski definition) is 1. The minimum absolute atomic E-state index is 0.266. The van der Waals surface area contributed by atoms with Crippen molar-refractivity contribution in [2.75, 3.05) is 4.90 Å². The lowest BCUT2D eigenvalue weighted by Crippen LogP contribution is -2.40. The fourth-order valence-electron chi connectivity index (χ4n) is 3.79. The van der Waals surface area contributed by atoms with Gasteiger partial charge in [-0.1, -0.05) is 60.7 Å². The highest BCUT2D eigenvalue weighted by Gasteiger charge is 2.49. The van der Waals surface area contributed by atoms with Gasteiger partial charge < -0.3 is 4.90 Å². The molecule has 1 heterocycles. The van der Waals surface area contributed by atoms with Crippen molar-refractivity contribution in [1.82, 2.24) is 0 Å². The van der Waals surface area contributed by atoms with Crippen molar-refractivity contribution in [1.29, 1.82) is 0 Å². The topological polar surface area (TPSA) is 20.3 Å². The molecule has 1 unspecified atom stereocenters. The van der Waals surface area contributed by atoms with Gasteiger partial charge in [-0.05, 0) is 36.5 Å². The van der Waals surface area contributed by atoms with Gasteiger partial charge in [0.15, 0.2) is 0 Å². The minimum atomic E-state index is -0.333. The largest absolute Gasteiger partial charge is 0.307 e. The summed E-state index contributed by atoms with van der Waals surface area (Å²) in [5.74, 6) is 0.266. The van der Waals surface area contributed by atoms with E-state index in [1.807, 2.05) is 29.2 Å². The van der Waals surface area contributed by atoms with Crippen molar-refractivity contribution < 1.29 is 4.79 Å². The summed E-state index contributed by atoms with van der Waals surface area (Å²) in [6.07, 6.45) is 7.10. The van der Waals surface area contributed by atoms with Gasteiger partial charge in [0.1, 0.15) is 0 Å². The monoisotopic (exact) mass is 289 g/mol. The molecule has 0 fully saturated rings. The summed E-state index contributed by atoms with van der Waals surface area (Å²) in [6.45, 7) is 0.655. The molecule has 2 aromatic carbocycles. The van der Waals surface area contributed by atoms with Crippen LogP contribution in [0.1, 0.15) is 30.4 Å². The molecule has 0 radical (unpaired) electrons. The molecule has 2 heteroatoms. The predicted molar refractivity (Wildman–Crippen MR) is 88.7 cm³/mol. The lowest BCUT2D eigenvalue weighted by Gasteiger charge is -2.29. The molecule has 22 heavy (non-hydrogen) atoms. The van der Waals surface area contributed by atoms with E-state index >= 15 is 0 Å². The minimum Gasteiger partial charge on any atom is -0.307 e. The molecule has 0 aromatic heterocycles. The Balaban J connectivity index is 1.77. The molecule has 2 aromatic rings. The SMILES string of the molecule is O=C1N(Cc2ccccc2)c2ccccc2C12CC=CCC2. The number of carbonyl (C=O) groups excluding carboxylic acids is 1. The maximum atomic E-state index is 13.2. The van der Waals surface area contributed by atoms with Crippen molar-refractivity contribution in [2.24, 2.45) is 0 Å². The van der Waals surface area contributed by atoms with Gasteiger partial charge in [-0.2, -0.15) is 0 Å². The summed E-state index contributed by atoms with van der Waals surface area (Å²) in [7, 11) is 0. The Morgan fingerprint density at radius 3 is 2.50 bits per heavy atom. The van der Waals surface area contributed by atoms with Crippen LogP contribution in [0, 0.1) is 0 Å². The van der Waals surface area contributed by atoms with Gasteiger partial charge in [0.25, 0.3) is 0 Å². The van der Waals surface area contributed by atoms with E-state index in [-0.39, 0.29) is 11.3 Å². The van der Waals surface area contributed by atoms with Gasteiger partial charge in [-0.3, -0.25) is 4.79 Å². The molecule has 0 saturated heterocycles. The third-order valence-corrected chi connectivity index (χ3v) is 4.92. The average Bonchev–Trinajstić information content (AvgIpc) is 2.80. The number of hydrogen-bond donors (Lipinski definition) is 0. The predicted octanol–water partition coefficient (Wildman–Crippen LogP) is 4.21. The molecule has 0 N–H and O–H groups in total. The first kappa shape index (κ1) is 13.3. The van der Waals surface area contributed by atoms with Crippen LogP contribution in [0.3, 0.4) is 0 Å². The fourth-order valence-corrected chi connectivity index (χ4v) is 3.79. The molecule has 110 valence electrons. The standard InChI is InChI=1S/C20H19NO/c22-19-20(13-7-2-8-14-20)17-11-5-6-12-18(17)21(19)15-16-9-3-1-4-10-16/h1-7,9-12H,8,13-15H2.